The molecule has 3 rings (SSSR count). The summed E-state index contributed by atoms with van der Waals surface area (Å²) < 4.78 is 12.5. The normalized spacial score (nSPS) is 10.8. The highest BCUT2D eigenvalue weighted by atomic mass is 16.5. The molecule has 0 radical (unpaired) electrons. The van der Waals surface area contributed by atoms with E-state index in [1.807, 2.05) is 45.0 Å². The summed E-state index contributed by atoms with van der Waals surface area (Å²) >= 11 is 0. The number of hydrogen-bond acceptors (Lipinski definition) is 5. The van der Waals surface area contributed by atoms with Crippen molar-refractivity contribution < 1.29 is 19.1 Å². The summed E-state index contributed by atoms with van der Waals surface area (Å²) in [7, 11) is 0. The third kappa shape index (κ3) is 5.51. The molecule has 7 nitrogen and oxygen atoms in total. The van der Waals surface area contributed by atoms with Gasteiger partial charge in [-0.2, -0.15) is 5.10 Å². The van der Waals surface area contributed by atoms with Crippen molar-refractivity contribution in [1.82, 2.24) is 9.78 Å². The van der Waals surface area contributed by atoms with Gasteiger partial charge in [0.2, 0.25) is 0 Å². The minimum atomic E-state index is -0.393. The molecule has 0 aliphatic carbocycles. The second kappa shape index (κ2) is 9.47. The van der Waals surface area contributed by atoms with E-state index in [-0.39, 0.29) is 18.6 Å². The monoisotopic (exact) mass is 421 g/mol. The molecule has 0 saturated carbocycles. The first-order valence-corrected chi connectivity index (χ1v) is 10.1. The Bertz CT molecular complexity index is 1070. The minimum absolute atomic E-state index is 0.162. The van der Waals surface area contributed by atoms with Gasteiger partial charge in [-0.15, -0.1) is 0 Å². The summed E-state index contributed by atoms with van der Waals surface area (Å²) in [6.45, 7) is 9.21. The van der Waals surface area contributed by atoms with E-state index in [1.54, 1.807) is 42.8 Å². The first-order chi connectivity index (χ1) is 14.7. The Morgan fingerprint density at radius 3 is 2.26 bits per heavy atom. The van der Waals surface area contributed by atoms with E-state index in [0.29, 0.717) is 17.0 Å². The Balaban J connectivity index is 1.61. The highest BCUT2D eigenvalue weighted by Crippen LogP contribution is 2.23. The zero-order chi connectivity index (χ0) is 22.5. The number of benzene rings is 2. The smallest absolute Gasteiger partial charge is 0.338 e. The van der Waals surface area contributed by atoms with Gasteiger partial charge in [-0.3, -0.25) is 4.79 Å². The molecule has 0 aliphatic rings. The summed E-state index contributed by atoms with van der Waals surface area (Å²) in [5.41, 5.74) is 4.75. The van der Waals surface area contributed by atoms with Crippen LogP contribution in [0.25, 0.3) is 5.69 Å². The molecule has 7 heteroatoms. The maximum Gasteiger partial charge on any atom is 0.338 e. The highest BCUT2D eigenvalue weighted by Gasteiger charge is 2.16. The summed E-state index contributed by atoms with van der Waals surface area (Å²) in [6.07, 6.45) is -0.186. The second-order valence-electron chi connectivity index (χ2n) is 7.61. The number of nitrogens with zero attached hydrogens (tertiary/aromatic N) is 2. The largest absolute Gasteiger partial charge is 0.484 e. The molecule has 1 N–H and O–H groups in total. The molecule has 0 spiro atoms. The molecule has 0 fully saturated rings. The molecule has 2 aromatic carbocycles. The quantitative estimate of drug-likeness (QED) is 0.573. The van der Waals surface area contributed by atoms with Crippen molar-refractivity contribution in [2.75, 3.05) is 11.9 Å². The van der Waals surface area contributed by atoms with Gasteiger partial charge in [-0.05, 0) is 71.0 Å². The number of anilines is 1. The van der Waals surface area contributed by atoms with Crippen LogP contribution in [-0.4, -0.2) is 34.4 Å². The van der Waals surface area contributed by atoms with E-state index < -0.39 is 5.97 Å². The summed E-state index contributed by atoms with van der Waals surface area (Å²) in [5, 5.41) is 7.43. The Labute approximate surface area is 182 Å². The van der Waals surface area contributed by atoms with Crippen molar-refractivity contribution >= 4 is 17.6 Å². The Morgan fingerprint density at radius 1 is 1.00 bits per heavy atom. The van der Waals surface area contributed by atoms with Crippen LogP contribution in [0.5, 0.6) is 5.75 Å². The molecular weight excluding hydrogens is 394 g/mol. The summed E-state index contributed by atoms with van der Waals surface area (Å²) in [4.78, 5) is 24.3. The van der Waals surface area contributed by atoms with Crippen molar-refractivity contribution in [2.24, 2.45) is 0 Å². The van der Waals surface area contributed by atoms with Gasteiger partial charge in [0, 0.05) is 0 Å². The number of amides is 1. The van der Waals surface area contributed by atoms with Gasteiger partial charge in [0.15, 0.2) is 6.61 Å². The van der Waals surface area contributed by atoms with Crippen molar-refractivity contribution in [3.05, 3.63) is 71.0 Å². The fourth-order valence-electron chi connectivity index (χ4n) is 3.05. The molecule has 0 unspecified atom stereocenters. The fourth-order valence-corrected chi connectivity index (χ4v) is 3.05. The van der Waals surface area contributed by atoms with Crippen LogP contribution >= 0.6 is 0 Å². The molecule has 0 bridgehead atoms. The Morgan fingerprint density at radius 2 is 1.65 bits per heavy atom. The number of hydrogen-bond donors (Lipinski definition) is 1. The number of rotatable bonds is 7. The highest BCUT2D eigenvalue weighted by molar-refractivity contribution is 5.93. The third-order valence-corrected chi connectivity index (χ3v) is 4.64. The molecule has 0 saturated heterocycles. The standard InChI is InChI=1S/C24H27N3O4/c1-15(2)31-24(29)19-8-12-21(13-9-19)30-14-22(28)25-23-17(4)26-27(18(23)5)20-10-6-16(3)7-11-20/h6-13,15H,14H2,1-5H3,(H,25,28). The van der Waals surface area contributed by atoms with Crippen LogP contribution in [0.3, 0.4) is 0 Å². The first kappa shape index (κ1) is 22.1. The zero-order valence-electron chi connectivity index (χ0n) is 18.4. The lowest BCUT2D eigenvalue weighted by Gasteiger charge is -2.10. The van der Waals surface area contributed by atoms with E-state index >= 15 is 0 Å². The molecule has 31 heavy (non-hydrogen) atoms. The lowest BCUT2D eigenvalue weighted by molar-refractivity contribution is -0.118. The molecule has 3 aromatic rings. The molecular formula is C24H27N3O4. The number of aromatic nitrogens is 2. The zero-order valence-corrected chi connectivity index (χ0v) is 18.4. The van der Waals surface area contributed by atoms with Gasteiger partial charge in [0.25, 0.3) is 5.91 Å². The van der Waals surface area contributed by atoms with Gasteiger partial charge in [0.1, 0.15) is 5.75 Å². The predicted octanol–water partition coefficient (Wildman–Crippen LogP) is 4.38. The van der Waals surface area contributed by atoms with Crippen molar-refractivity contribution in [1.29, 1.82) is 0 Å². The third-order valence-electron chi connectivity index (χ3n) is 4.64. The van der Waals surface area contributed by atoms with Gasteiger partial charge in [0.05, 0.1) is 34.4 Å². The Kier molecular flexibility index (Phi) is 6.74. The molecule has 162 valence electrons. The van der Waals surface area contributed by atoms with Gasteiger partial charge >= 0.3 is 5.97 Å². The average molecular weight is 421 g/mol. The van der Waals surface area contributed by atoms with Crippen LogP contribution in [0.1, 0.15) is 41.2 Å². The maximum absolute atomic E-state index is 12.4. The fraction of sp³-hybridized carbons (Fsp3) is 0.292. The molecule has 0 aliphatic heterocycles. The lowest BCUT2D eigenvalue weighted by Crippen LogP contribution is -2.21. The number of ether oxygens (including phenoxy) is 2. The number of esters is 1. The van der Waals surface area contributed by atoms with E-state index in [0.717, 1.165) is 17.1 Å². The summed E-state index contributed by atoms with van der Waals surface area (Å²) in [5.74, 6) is -0.200. The van der Waals surface area contributed by atoms with Crippen molar-refractivity contribution in [3.8, 4) is 11.4 Å². The number of carbonyl (C=O) groups excluding carboxylic acids is 2. The topological polar surface area (TPSA) is 82.5 Å². The number of nitrogens with one attached hydrogen (secondary N) is 1. The first-order valence-electron chi connectivity index (χ1n) is 10.1. The van der Waals surface area contributed by atoms with Crippen LogP contribution in [0.2, 0.25) is 0 Å². The van der Waals surface area contributed by atoms with Crippen LogP contribution in [0.4, 0.5) is 5.69 Å². The van der Waals surface area contributed by atoms with E-state index in [9.17, 15) is 9.59 Å². The lowest BCUT2D eigenvalue weighted by atomic mass is 10.2. The van der Waals surface area contributed by atoms with Gasteiger partial charge in [-0.25, -0.2) is 9.48 Å². The maximum atomic E-state index is 12.4. The molecule has 1 amide bonds. The predicted molar refractivity (Wildman–Crippen MR) is 119 cm³/mol. The number of carbonyl (C=O) groups is 2. The molecule has 1 heterocycles. The summed E-state index contributed by atoms with van der Waals surface area (Å²) in [6, 6.07) is 14.5. The Hall–Kier alpha value is -3.61. The van der Waals surface area contributed by atoms with E-state index in [1.165, 1.54) is 5.56 Å². The average Bonchev–Trinajstić information content (AvgIpc) is 3.01. The second-order valence-corrected chi connectivity index (χ2v) is 7.61. The van der Waals surface area contributed by atoms with Crippen LogP contribution in [0.15, 0.2) is 48.5 Å². The van der Waals surface area contributed by atoms with Crippen molar-refractivity contribution in [2.45, 2.75) is 40.7 Å². The van der Waals surface area contributed by atoms with Gasteiger partial charge < -0.3 is 14.8 Å². The van der Waals surface area contributed by atoms with Gasteiger partial charge in [-0.1, -0.05) is 17.7 Å². The SMILES string of the molecule is Cc1ccc(-n2nc(C)c(NC(=O)COc3ccc(C(=O)OC(C)C)cc3)c2C)cc1. The number of aryl methyl sites for hydroxylation is 2. The van der Waals surface area contributed by atoms with Crippen LogP contribution in [0, 0.1) is 20.8 Å². The molecule has 0 atom stereocenters. The van der Waals surface area contributed by atoms with Crippen LogP contribution in [-0.2, 0) is 9.53 Å². The van der Waals surface area contributed by atoms with Crippen LogP contribution < -0.4 is 10.1 Å². The molecule has 1 aromatic heterocycles. The van der Waals surface area contributed by atoms with Crippen molar-refractivity contribution in [3.63, 3.8) is 0 Å². The van der Waals surface area contributed by atoms with E-state index in [4.69, 9.17) is 9.47 Å². The minimum Gasteiger partial charge on any atom is -0.484 e. The van der Waals surface area contributed by atoms with E-state index in [2.05, 4.69) is 10.4 Å².